The average molecular weight is 523 g/mol. The summed E-state index contributed by atoms with van der Waals surface area (Å²) >= 11 is 0. The van der Waals surface area contributed by atoms with Crippen molar-refractivity contribution in [3.63, 3.8) is 0 Å². The zero-order valence-corrected chi connectivity index (χ0v) is 21.1. The monoisotopic (exact) mass is 522 g/mol. The predicted octanol–water partition coefficient (Wildman–Crippen LogP) is 0.281. The summed E-state index contributed by atoms with van der Waals surface area (Å²) in [6.07, 6.45) is 4.14. The lowest BCUT2D eigenvalue weighted by Gasteiger charge is -2.24. The lowest BCUT2D eigenvalue weighted by molar-refractivity contribution is -0.182. The van der Waals surface area contributed by atoms with Gasteiger partial charge in [-0.15, -0.1) is 0 Å². The van der Waals surface area contributed by atoms with Crippen LogP contribution in [0.3, 0.4) is 0 Å². The molecule has 0 aromatic carbocycles. The fourth-order valence-corrected chi connectivity index (χ4v) is 3.13. The van der Waals surface area contributed by atoms with Crippen LogP contribution in [0.5, 0.6) is 0 Å². The Morgan fingerprint density at radius 1 is 0.694 bits per heavy atom. The van der Waals surface area contributed by atoms with Crippen LogP contribution in [0.4, 0.5) is 0 Å². The van der Waals surface area contributed by atoms with Crippen LogP contribution in [-0.2, 0) is 33.4 Å². The molecule has 12 heteroatoms. The van der Waals surface area contributed by atoms with Crippen LogP contribution in [0, 0.1) is 0 Å². The van der Waals surface area contributed by atoms with E-state index in [1.807, 2.05) is 0 Å². The van der Waals surface area contributed by atoms with E-state index in [2.05, 4.69) is 21.1 Å². The lowest BCUT2D eigenvalue weighted by Crippen LogP contribution is -2.46. The van der Waals surface area contributed by atoms with E-state index in [4.69, 9.17) is 10.2 Å². The van der Waals surface area contributed by atoms with Gasteiger partial charge in [-0.3, -0.25) is 14.4 Å². The fourth-order valence-electron chi connectivity index (χ4n) is 3.13. The molecule has 0 spiro atoms. The Kier molecular flexibility index (Phi) is 18.8. The molecule has 0 aromatic rings. The summed E-state index contributed by atoms with van der Waals surface area (Å²) < 4.78 is 13.9. The Balaban J connectivity index is 4.71. The van der Waals surface area contributed by atoms with Gasteiger partial charge in [0.15, 0.2) is 5.60 Å². The van der Waals surface area contributed by atoms with Crippen molar-refractivity contribution in [2.45, 2.75) is 102 Å². The summed E-state index contributed by atoms with van der Waals surface area (Å²) in [7, 11) is 0. The summed E-state index contributed by atoms with van der Waals surface area (Å²) in [6, 6.07) is 0. The van der Waals surface area contributed by atoms with E-state index >= 15 is 0 Å². The van der Waals surface area contributed by atoms with E-state index in [1.165, 1.54) is 25.7 Å². The molecule has 3 unspecified atom stereocenters. The molecule has 5 N–H and O–H groups in total. The minimum Gasteiger partial charge on any atom is -0.463 e. The molecule has 0 rings (SSSR count). The van der Waals surface area contributed by atoms with Crippen LogP contribution in [0.1, 0.15) is 84.0 Å². The molecule has 0 aliphatic rings. The lowest BCUT2D eigenvalue weighted by atomic mass is 9.95. The standard InChI is InChI=1S/C24H42O12/c1-2-3-4-5-6-7-8-9-10-11-20(29)36-22(31)13-24(33,23(32)35-17-19(28)15-26)12-21(30)34-16-18(27)14-25/h18-19,25-28,33H,2-17H2,1H3. The smallest absolute Gasteiger partial charge is 0.339 e. The molecule has 12 nitrogen and oxygen atoms in total. The number of ether oxygens (including phenoxy) is 3. The van der Waals surface area contributed by atoms with Crippen molar-refractivity contribution < 1.29 is 58.9 Å². The molecule has 0 amide bonds. The van der Waals surface area contributed by atoms with Gasteiger partial charge < -0.3 is 39.7 Å². The second-order valence-electron chi connectivity index (χ2n) is 8.76. The molecule has 0 aromatic heterocycles. The fraction of sp³-hybridized carbons (Fsp3) is 0.833. The van der Waals surface area contributed by atoms with Crippen molar-refractivity contribution in [3.8, 4) is 0 Å². The first-order valence-corrected chi connectivity index (χ1v) is 12.4. The van der Waals surface area contributed by atoms with Gasteiger partial charge in [-0.2, -0.15) is 0 Å². The Morgan fingerprint density at radius 3 is 1.69 bits per heavy atom. The van der Waals surface area contributed by atoms with Crippen LogP contribution in [0.15, 0.2) is 0 Å². The minimum absolute atomic E-state index is 0.0335. The van der Waals surface area contributed by atoms with E-state index < -0.39 is 81.0 Å². The van der Waals surface area contributed by atoms with E-state index in [0.29, 0.717) is 6.42 Å². The van der Waals surface area contributed by atoms with Crippen molar-refractivity contribution in [1.29, 1.82) is 0 Å². The van der Waals surface area contributed by atoms with Crippen molar-refractivity contribution >= 4 is 23.9 Å². The molecule has 0 heterocycles. The predicted molar refractivity (Wildman–Crippen MR) is 125 cm³/mol. The van der Waals surface area contributed by atoms with Crippen LogP contribution >= 0.6 is 0 Å². The molecule has 0 bridgehead atoms. The molecule has 0 aliphatic carbocycles. The second-order valence-corrected chi connectivity index (χ2v) is 8.76. The number of aliphatic hydroxyl groups is 5. The third kappa shape index (κ3) is 16.5. The first kappa shape index (κ1) is 33.9. The minimum atomic E-state index is -2.80. The topological polar surface area (TPSA) is 197 Å². The molecule has 36 heavy (non-hydrogen) atoms. The van der Waals surface area contributed by atoms with Gasteiger partial charge in [-0.1, -0.05) is 58.3 Å². The Labute approximate surface area is 211 Å². The number of hydrogen-bond acceptors (Lipinski definition) is 12. The molecular weight excluding hydrogens is 480 g/mol. The number of unbranched alkanes of at least 4 members (excludes halogenated alkanes) is 8. The molecule has 0 radical (unpaired) electrons. The first-order chi connectivity index (χ1) is 17.1. The number of aliphatic hydroxyl groups excluding tert-OH is 4. The summed E-state index contributed by atoms with van der Waals surface area (Å²) in [6.45, 7) is -0.663. The van der Waals surface area contributed by atoms with Gasteiger partial charge in [0.1, 0.15) is 25.4 Å². The third-order valence-corrected chi connectivity index (χ3v) is 5.23. The van der Waals surface area contributed by atoms with E-state index in [1.54, 1.807) is 0 Å². The zero-order valence-electron chi connectivity index (χ0n) is 21.1. The highest BCUT2D eigenvalue weighted by molar-refractivity contribution is 5.93. The molecule has 3 atom stereocenters. The zero-order chi connectivity index (χ0) is 27.4. The number of rotatable bonds is 21. The summed E-state index contributed by atoms with van der Waals surface area (Å²) in [5.74, 6) is -4.82. The van der Waals surface area contributed by atoms with Gasteiger partial charge >= 0.3 is 23.9 Å². The molecule has 210 valence electrons. The maximum absolute atomic E-state index is 12.3. The van der Waals surface area contributed by atoms with Gasteiger partial charge in [-0.05, 0) is 6.42 Å². The van der Waals surface area contributed by atoms with Gasteiger partial charge in [-0.25, -0.2) is 4.79 Å². The van der Waals surface area contributed by atoms with Crippen molar-refractivity contribution in [1.82, 2.24) is 0 Å². The molecule has 0 fully saturated rings. The number of carbonyl (C=O) groups is 4. The SMILES string of the molecule is CCCCCCCCCCCC(=O)OC(=O)CC(O)(CC(=O)OCC(O)CO)C(=O)OCC(O)CO. The molecular formula is C24H42O12. The Morgan fingerprint density at radius 2 is 1.17 bits per heavy atom. The van der Waals surface area contributed by atoms with E-state index in [0.717, 1.165) is 25.7 Å². The second kappa shape index (κ2) is 20.0. The normalized spacial score (nSPS) is 14.4. The maximum Gasteiger partial charge on any atom is 0.339 e. The number of hydrogen-bond donors (Lipinski definition) is 5. The number of carbonyl (C=O) groups excluding carboxylic acids is 4. The van der Waals surface area contributed by atoms with Crippen molar-refractivity contribution in [3.05, 3.63) is 0 Å². The van der Waals surface area contributed by atoms with Gasteiger partial charge in [0, 0.05) is 6.42 Å². The summed E-state index contributed by atoms with van der Waals surface area (Å²) in [5.41, 5.74) is -2.80. The molecule has 0 saturated heterocycles. The quantitative estimate of drug-likeness (QED) is 0.0598. The van der Waals surface area contributed by atoms with Gasteiger partial charge in [0.25, 0.3) is 0 Å². The highest BCUT2D eigenvalue weighted by Crippen LogP contribution is 2.21. The number of esters is 4. The summed E-state index contributed by atoms with van der Waals surface area (Å²) in [5, 5.41) is 46.8. The maximum atomic E-state index is 12.3. The average Bonchev–Trinajstić information content (AvgIpc) is 2.84. The van der Waals surface area contributed by atoms with Crippen molar-refractivity contribution in [2.75, 3.05) is 26.4 Å². The van der Waals surface area contributed by atoms with Crippen molar-refractivity contribution in [2.24, 2.45) is 0 Å². The first-order valence-electron chi connectivity index (χ1n) is 12.4. The summed E-state index contributed by atoms with van der Waals surface area (Å²) in [4.78, 5) is 48.5. The van der Waals surface area contributed by atoms with E-state index in [9.17, 15) is 34.5 Å². The van der Waals surface area contributed by atoms with Crippen LogP contribution < -0.4 is 0 Å². The third-order valence-electron chi connectivity index (χ3n) is 5.23. The Hall–Kier alpha value is -2.12. The Bertz CT molecular complexity index is 653. The van der Waals surface area contributed by atoms with Gasteiger partial charge in [0.05, 0.1) is 26.1 Å². The molecule has 0 saturated carbocycles. The highest BCUT2D eigenvalue weighted by Gasteiger charge is 2.44. The van der Waals surface area contributed by atoms with Crippen LogP contribution in [0.25, 0.3) is 0 Å². The van der Waals surface area contributed by atoms with Crippen LogP contribution in [-0.4, -0.2) is 93.6 Å². The van der Waals surface area contributed by atoms with Gasteiger partial charge in [0.2, 0.25) is 0 Å². The van der Waals surface area contributed by atoms with E-state index in [-0.39, 0.29) is 6.42 Å². The highest BCUT2D eigenvalue weighted by atomic mass is 16.6. The molecule has 0 aliphatic heterocycles. The largest absolute Gasteiger partial charge is 0.463 e. The van der Waals surface area contributed by atoms with Crippen LogP contribution in [0.2, 0.25) is 0 Å².